The molecule has 0 radical (unpaired) electrons. The Hall–Kier alpha value is -2.89. The van der Waals surface area contributed by atoms with Gasteiger partial charge in [0.25, 0.3) is 0 Å². The van der Waals surface area contributed by atoms with Gasteiger partial charge in [0.05, 0.1) is 11.0 Å². The Morgan fingerprint density at radius 2 is 1.67 bits per heavy atom. The SMILES string of the molecule is C=Cc1c(C)cc(-c2ccc(OC(F)(F)F)cc2)c2nccnc12. The van der Waals surface area contributed by atoms with E-state index in [0.29, 0.717) is 11.0 Å². The van der Waals surface area contributed by atoms with Gasteiger partial charge >= 0.3 is 6.36 Å². The first kappa shape index (κ1) is 16.0. The lowest BCUT2D eigenvalue weighted by Gasteiger charge is -2.12. The largest absolute Gasteiger partial charge is 0.573 e. The molecule has 0 aliphatic carbocycles. The van der Waals surface area contributed by atoms with Crippen molar-refractivity contribution in [2.75, 3.05) is 0 Å². The van der Waals surface area contributed by atoms with Gasteiger partial charge in [-0.25, -0.2) is 0 Å². The number of ether oxygens (including phenoxy) is 1. The van der Waals surface area contributed by atoms with Gasteiger partial charge in [0.1, 0.15) is 5.75 Å². The first-order valence-electron chi connectivity index (χ1n) is 7.12. The van der Waals surface area contributed by atoms with Crippen molar-refractivity contribution in [1.82, 2.24) is 9.97 Å². The highest BCUT2D eigenvalue weighted by molar-refractivity contribution is 5.97. The predicted molar refractivity (Wildman–Crippen MR) is 86.5 cm³/mol. The van der Waals surface area contributed by atoms with Gasteiger partial charge in [-0.2, -0.15) is 0 Å². The Morgan fingerprint density at radius 3 is 2.25 bits per heavy atom. The van der Waals surface area contributed by atoms with Crippen molar-refractivity contribution in [1.29, 1.82) is 0 Å². The zero-order chi connectivity index (χ0) is 17.3. The average molecular weight is 330 g/mol. The van der Waals surface area contributed by atoms with Crippen LogP contribution in [0.15, 0.2) is 49.3 Å². The standard InChI is InChI=1S/C18H13F3N2O/c1-3-14-11(2)10-15(17-16(14)22-8-9-23-17)12-4-6-13(7-5-12)24-18(19,20)21/h3-10H,1H2,2H3. The minimum atomic E-state index is -4.71. The summed E-state index contributed by atoms with van der Waals surface area (Å²) in [6, 6.07) is 7.62. The number of fused-ring (bicyclic) bond motifs is 1. The third-order valence-corrected chi connectivity index (χ3v) is 3.60. The van der Waals surface area contributed by atoms with Crippen molar-refractivity contribution in [3.05, 3.63) is 60.4 Å². The van der Waals surface area contributed by atoms with Crippen LogP contribution in [-0.4, -0.2) is 16.3 Å². The van der Waals surface area contributed by atoms with Gasteiger partial charge in [0, 0.05) is 23.5 Å². The van der Waals surface area contributed by atoms with Crippen LogP contribution in [0.3, 0.4) is 0 Å². The molecule has 1 heterocycles. The van der Waals surface area contributed by atoms with E-state index in [1.165, 1.54) is 12.1 Å². The number of hydrogen-bond donors (Lipinski definition) is 0. The maximum absolute atomic E-state index is 12.3. The van der Waals surface area contributed by atoms with Crippen LogP contribution in [0.1, 0.15) is 11.1 Å². The molecule has 0 aliphatic rings. The summed E-state index contributed by atoms with van der Waals surface area (Å²) in [5, 5.41) is 0. The van der Waals surface area contributed by atoms with Crippen molar-refractivity contribution in [2.24, 2.45) is 0 Å². The van der Waals surface area contributed by atoms with E-state index in [9.17, 15) is 13.2 Å². The summed E-state index contributed by atoms with van der Waals surface area (Å²) >= 11 is 0. The van der Waals surface area contributed by atoms with E-state index in [2.05, 4.69) is 21.3 Å². The van der Waals surface area contributed by atoms with Gasteiger partial charge in [0.2, 0.25) is 0 Å². The summed E-state index contributed by atoms with van der Waals surface area (Å²) in [6.45, 7) is 5.73. The fourth-order valence-corrected chi connectivity index (χ4v) is 2.60. The molecule has 122 valence electrons. The fourth-order valence-electron chi connectivity index (χ4n) is 2.60. The van der Waals surface area contributed by atoms with Gasteiger partial charge in [0.15, 0.2) is 0 Å². The molecule has 2 aromatic carbocycles. The Morgan fingerprint density at radius 1 is 1.04 bits per heavy atom. The second kappa shape index (κ2) is 5.96. The highest BCUT2D eigenvalue weighted by Crippen LogP contribution is 2.33. The summed E-state index contributed by atoms with van der Waals surface area (Å²) < 4.78 is 40.7. The second-order valence-electron chi connectivity index (χ2n) is 5.18. The quantitative estimate of drug-likeness (QED) is 0.666. The van der Waals surface area contributed by atoms with Crippen molar-refractivity contribution < 1.29 is 17.9 Å². The van der Waals surface area contributed by atoms with E-state index in [4.69, 9.17) is 0 Å². The summed E-state index contributed by atoms with van der Waals surface area (Å²) in [5.41, 5.74) is 4.75. The van der Waals surface area contributed by atoms with Crippen LogP contribution in [0, 0.1) is 6.92 Å². The van der Waals surface area contributed by atoms with Crippen molar-refractivity contribution >= 4 is 17.1 Å². The molecule has 0 spiro atoms. The maximum Gasteiger partial charge on any atom is 0.573 e. The molecule has 0 fully saturated rings. The Kier molecular flexibility index (Phi) is 3.97. The smallest absolute Gasteiger partial charge is 0.406 e. The summed E-state index contributed by atoms with van der Waals surface area (Å²) in [5.74, 6) is -0.263. The number of aryl methyl sites for hydroxylation is 1. The average Bonchev–Trinajstić information content (AvgIpc) is 2.53. The molecule has 0 unspecified atom stereocenters. The minimum Gasteiger partial charge on any atom is -0.406 e. The van der Waals surface area contributed by atoms with Crippen LogP contribution >= 0.6 is 0 Å². The van der Waals surface area contributed by atoms with E-state index < -0.39 is 6.36 Å². The molecular formula is C18H13F3N2O. The number of alkyl halides is 3. The Labute approximate surface area is 136 Å². The molecular weight excluding hydrogens is 317 g/mol. The van der Waals surface area contributed by atoms with Crippen LogP contribution in [0.5, 0.6) is 5.75 Å². The third-order valence-electron chi connectivity index (χ3n) is 3.60. The number of aromatic nitrogens is 2. The summed E-state index contributed by atoms with van der Waals surface area (Å²) in [7, 11) is 0. The molecule has 3 rings (SSSR count). The minimum absolute atomic E-state index is 0.263. The third kappa shape index (κ3) is 3.08. The molecule has 0 amide bonds. The highest BCUT2D eigenvalue weighted by Gasteiger charge is 2.31. The molecule has 0 saturated carbocycles. The normalized spacial score (nSPS) is 11.5. The van der Waals surface area contributed by atoms with E-state index >= 15 is 0 Å². The van der Waals surface area contributed by atoms with E-state index in [0.717, 1.165) is 22.3 Å². The monoisotopic (exact) mass is 330 g/mol. The second-order valence-corrected chi connectivity index (χ2v) is 5.18. The van der Waals surface area contributed by atoms with E-state index in [1.807, 2.05) is 13.0 Å². The van der Waals surface area contributed by atoms with Crippen molar-refractivity contribution in [2.45, 2.75) is 13.3 Å². The lowest BCUT2D eigenvalue weighted by Crippen LogP contribution is -2.16. The number of hydrogen-bond acceptors (Lipinski definition) is 3. The predicted octanol–water partition coefficient (Wildman–Crippen LogP) is 5.15. The number of halogens is 3. The van der Waals surface area contributed by atoms with Gasteiger partial charge in [-0.15, -0.1) is 13.2 Å². The molecule has 0 N–H and O–H groups in total. The molecule has 0 bridgehead atoms. The zero-order valence-corrected chi connectivity index (χ0v) is 12.8. The molecule has 0 atom stereocenters. The molecule has 0 aliphatic heterocycles. The fraction of sp³-hybridized carbons (Fsp3) is 0.111. The van der Waals surface area contributed by atoms with E-state index in [1.54, 1.807) is 30.6 Å². The zero-order valence-electron chi connectivity index (χ0n) is 12.8. The Bertz CT molecular complexity index is 903. The first-order valence-corrected chi connectivity index (χ1v) is 7.12. The van der Waals surface area contributed by atoms with E-state index in [-0.39, 0.29) is 5.75 Å². The number of nitrogens with zero attached hydrogens (tertiary/aromatic N) is 2. The summed E-state index contributed by atoms with van der Waals surface area (Å²) in [4.78, 5) is 8.73. The van der Waals surface area contributed by atoms with Crippen LogP contribution in [0.25, 0.3) is 28.2 Å². The molecule has 3 nitrogen and oxygen atoms in total. The first-order chi connectivity index (χ1) is 11.4. The van der Waals surface area contributed by atoms with Crippen LogP contribution in [0.4, 0.5) is 13.2 Å². The van der Waals surface area contributed by atoms with Gasteiger partial charge in [-0.1, -0.05) is 24.8 Å². The Balaban J connectivity index is 2.11. The summed E-state index contributed by atoms with van der Waals surface area (Å²) in [6.07, 6.45) is 0.187. The molecule has 1 aromatic heterocycles. The topological polar surface area (TPSA) is 35.0 Å². The maximum atomic E-state index is 12.3. The van der Waals surface area contributed by atoms with Crippen LogP contribution in [-0.2, 0) is 0 Å². The van der Waals surface area contributed by atoms with Gasteiger partial charge < -0.3 is 4.74 Å². The van der Waals surface area contributed by atoms with Crippen molar-refractivity contribution in [3.63, 3.8) is 0 Å². The molecule has 3 aromatic rings. The molecule has 6 heteroatoms. The lowest BCUT2D eigenvalue weighted by atomic mass is 9.97. The number of benzene rings is 2. The van der Waals surface area contributed by atoms with Gasteiger partial charge in [-0.05, 0) is 36.2 Å². The molecule has 24 heavy (non-hydrogen) atoms. The highest BCUT2D eigenvalue weighted by atomic mass is 19.4. The van der Waals surface area contributed by atoms with Crippen molar-refractivity contribution in [3.8, 4) is 16.9 Å². The lowest BCUT2D eigenvalue weighted by molar-refractivity contribution is -0.274. The molecule has 0 saturated heterocycles. The van der Waals surface area contributed by atoms with Crippen LogP contribution in [0.2, 0.25) is 0 Å². The number of rotatable bonds is 3. The van der Waals surface area contributed by atoms with Gasteiger partial charge in [-0.3, -0.25) is 9.97 Å². The van der Waals surface area contributed by atoms with Crippen LogP contribution < -0.4 is 4.74 Å².